The van der Waals surface area contributed by atoms with Crippen LogP contribution >= 0.6 is 0 Å². The second-order valence-electron chi connectivity index (χ2n) is 7.84. The third-order valence-electron chi connectivity index (χ3n) is 5.57. The van der Waals surface area contributed by atoms with E-state index in [0.29, 0.717) is 18.7 Å². The summed E-state index contributed by atoms with van der Waals surface area (Å²) in [5, 5.41) is 2.97. The highest BCUT2D eigenvalue weighted by Crippen LogP contribution is 2.27. The monoisotopic (exact) mass is 398 g/mol. The van der Waals surface area contributed by atoms with Crippen LogP contribution in [0.25, 0.3) is 0 Å². The largest absolute Gasteiger partial charge is 0.364 e. The molecule has 0 bridgehead atoms. The van der Waals surface area contributed by atoms with Crippen LogP contribution < -0.4 is 10.2 Å². The fourth-order valence-corrected chi connectivity index (χ4v) is 3.93. The van der Waals surface area contributed by atoms with Gasteiger partial charge in [-0.25, -0.2) is 0 Å². The molecule has 0 fully saturated rings. The number of carbonyl (C=O) groups excluding carboxylic acids is 2. The number of carbonyl (C=O) groups is 2. The highest BCUT2D eigenvalue weighted by molar-refractivity contribution is 5.97. The molecule has 1 aliphatic rings. The van der Waals surface area contributed by atoms with Crippen molar-refractivity contribution in [3.8, 4) is 0 Å². The molecule has 3 aromatic carbocycles. The molecule has 1 aliphatic heterocycles. The van der Waals surface area contributed by atoms with Crippen LogP contribution in [0.15, 0.2) is 72.8 Å². The second kappa shape index (κ2) is 8.95. The van der Waals surface area contributed by atoms with Crippen molar-refractivity contribution in [3.05, 3.63) is 101 Å². The Kier molecular flexibility index (Phi) is 5.94. The molecule has 0 spiro atoms. The van der Waals surface area contributed by atoms with E-state index < -0.39 is 0 Å². The lowest BCUT2D eigenvalue weighted by molar-refractivity contribution is -0.117. The molecule has 4 heteroatoms. The summed E-state index contributed by atoms with van der Waals surface area (Å²) in [5.74, 6) is -0.0315. The number of anilines is 1. The fourth-order valence-electron chi connectivity index (χ4n) is 3.93. The fraction of sp³-hybridized carbons (Fsp3) is 0.231. The lowest BCUT2D eigenvalue weighted by Gasteiger charge is -2.18. The van der Waals surface area contributed by atoms with E-state index in [1.807, 2.05) is 61.5 Å². The molecule has 0 radical (unpaired) electrons. The third kappa shape index (κ3) is 4.60. The Morgan fingerprint density at radius 1 is 0.933 bits per heavy atom. The lowest BCUT2D eigenvalue weighted by atomic mass is 10.0. The van der Waals surface area contributed by atoms with Gasteiger partial charge in [-0.05, 0) is 42.2 Å². The van der Waals surface area contributed by atoms with Gasteiger partial charge in [-0.1, -0.05) is 66.2 Å². The first-order valence-corrected chi connectivity index (χ1v) is 10.4. The molecular formula is C26H26N2O2. The van der Waals surface area contributed by atoms with E-state index in [1.165, 1.54) is 11.1 Å². The second-order valence-corrected chi connectivity index (χ2v) is 7.84. The number of amides is 1. The normalized spacial score (nSPS) is 12.5. The smallest absolute Gasteiger partial charge is 0.251 e. The molecule has 4 rings (SSSR count). The third-order valence-corrected chi connectivity index (χ3v) is 5.57. The summed E-state index contributed by atoms with van der Waals surface area (Å²) in [6.07, 6.45) is 1.23. The number of benzene rings is 3. The summed E-state index contributed by atoms with van der Waals surface area (Å²) in [6, 6.07) is 23.7. The van der Waals surface area contributed by atoms with Gasteiger partial charge in [-0.2, -0.15) is 0 Å². The van der Waals surface area contributed by atoms with E-state index in [9.17, 15) is 9.59 Å². The van der Waals surface area contributed by atoms with Gasteiger partial charge in [0, 0.05) is 30.8 Å². The van der Waals surface area contributed by atoms with Crippen LogP contribution in [0.2, 0.25) is 0 Å². The van der Waals surface area contributed by atoms with Crippen LogP contribution in [-0.4, -0.2) is 24.8 Å². The molecule has 1 heterocycles. The zero-order valence-electron chi connectivity index (χ0n) is 17.2. The number of hydrogen-bond acceptors (Lipinski definition) is 3. The van der Waals surface area contributed by atoms with E-state index >= 15 is 0 Å². The summed E-state index contributed by atoms with van der Waals surface area (Å²) in [4.78, 5) is 27.7. The molecule has 0 saturated carbocycles. The molecule has 0 aromatic heterocycles. The van der Waals surface area contributed by atoms with Gasteiger partial charge in [0.2, 0.25) is 0 Å². The zero-order valence-corrected chi connectivity index (χ0v) is 17.2. The zero-order chi connectivity index (χ0) is 20.9. The maximum absolute atomic E-state index is 12.8. The van der Waals surface area contributed by atoms with E-state index in [-0.39, 0.29) is 18.1 Å². The summed E-state index contributed by atoms with van der Waals surface area (Å²) in [6.45, 7) is 3.74. The first kappa shape index (κ1) is 19.9. The van der Waals surface area contributed by atoms with Crippen molar-refractivity contribution in [1.29, 1.82) is 0 Å². The minimum absolute atomic E-state index is 0.116. The van der Waals surface area contributed by atoms with Crippen LogP contribution in [0.4, 0.5) is 5.69 Å². The Balaban J connectivity index is 1.39. The minimum Gasteiger partial charge on any atom is -0.364 e. The summed E-state index contributed by atoms with van der Waals surface area (Å²) < 4.78 is 0. The Labute approximate surface area is 177 Å². The van der Waals surface area contributed by atoms with E-state index in [4.69, 9.17) is 0 Å². The quantitative estimate of drug-likeness (QED) is 0.652. The number of rotatable bonds is 7. The highest BCUT2D eigenvalue weighted by Gasteiger charge is 2.21. The Hall–Kier alpha value is -3.40. The predicted molar refractivity (Wildman–Crippen MR) is 120 cm³/mol. The maximum Gasteiger partial charge on any atom is 0.251 e. The molecule has 0 saturated heterocycles. The summed E-state index contributed by atoms with van der Waals surface area (Å²) in [5.41, 5.74) is 6.03. The number of nitrogens with one attached hydrogen (secondary N) is 1. The Morgan fingerprint density at radius 2 is 1.67 bits per heavy atom. The molecule has 1 amide bonds. The molecule has 3 aromatic rings. The number of aryl methyl sites for hydroxylation is 1. The van der Waals surface area contributed by atoms with Gasteiger partial charge in [0.25, 0.3) is 5.91 Å². The number of ketones is 1. The Morgan fingerprint density at radius 3 is 2.50 bits per heavy atom. The van der Waals surface area contributed by atoms with Crippen molar-refractivity contribution < 1.29 is 9.59 Å². The summed E-state index contributed by atoms with van der Waals surface area (Å²) in [7, 11) is 0. The minimum atomic E-state index is -0.148. The van der Waals surface area contributed by atoms with E-state index in [0.717, 1.165) is 29.8 Å². The van der Waals surface area contributed by atoms with E-state index in [2.05, 4.69) is 22.3 Å². The van der Waals surface area contributed by atoms with Crippen molar-refractivity contribution in [3.63, 3.8) is 0 Å². The van der Waals surface area contributed by atoms with Crippen LogP contribution in [0.3, 0.4) is 0 Å². The van der Waals surface area contributed by atoms with Gasteiger partial charge in [0.05, 0.1) is 6.54 Å². The van der Waals surface area contributed by atoms with Crippen molar-refractivity contribution >= 4 is 17.4 Å². The first-order valence-electron chi connectivity index (χ1n) is 10.4. The Bertz CT molecular complexity index is 1060. The van der Waals surface area contributed by atoms with Gasteiger partial charge < -0.3 is 10.2 Å². The van der Waals surface area contributed by atoms with Crippen molar-refractivity contribution in [2.75, 3.05) is 18.0 Å². The van der Waals surface area contributed by atoms with Crippen molar-refractivity contribution in [1.82, 2.24) is 5.32 Å². The van der Waals surface area contributed by atoms with Crippen LogP contribution in [0, 0.1) is 6.92 Å². The standard InChI is InChI=1S/C26H26N2O2/c1-19-10-12-20(13-11-19)17-27-26(30)24-8-4-2-7-22(24)16-23(29)18-28-15-14-21-6-3-5-9-25(21)28/h2-13H,14-18H2,1H3,(H,27,30). The topological polar surface area (TPSA) is 49.4 Å². The number of fused-ring (bicyclic) bond motifs is 1. The SMILES string of the molecule is Cc1ccc(CNC(=O)c2ccccc2CC(=O)CN2CCc3ccccc32)cc1. The summed E-state index contributed by atoms with van der Waals surface area (Å²) >= 11 is 0. The molecular weight excluding hydrogens is 372 g/mol. The van der Waals surface area contributed by atoms with Gasteiger partial charge in [0.15, 0.2) is 5.78 Å². The van der Waals surface area contributed by atoms with Crippen LogP contribution in [-0.2, 0) is 24.2 Å². The molecule has 30 heavy (non-hydrogen) atoms. The molecule has 0 aliphatic carbocycles. The molecule has 4 nitrogen and oxygen atoms in total. The average Bonchev–Trinajstić information content (AvgIpc) is 3.16. The van der Waals surface area contributed by atoms with Crippen LogP contribution in [0.5, 0.6) is 0 Å². The predicted octanol–water partition coefficient (Wildman–Crippen LogP) is 4.10. The lowest BCUT2D eigenvalue weighted by Crippen LogP contribution is -2.30. The van der Waals surface area contributed by atoms with Crippen LogP contribution in [0.1, 0.15) is 32.6 Å². The number of nitrogens with zero attached hydrogens (tertiary/aromatic N) is 1. The van der Waals surface area contributed by atoms with Gasteiger partial charge in [0.1, 0.15) is 0 Å². The first-order chi connectivity index (χ1) is 14.6. The van der Waals surface area contributed by atoms with Gasteiger partial charge in [-0.3, -0.25) is 9.59 Å². The van der Waals surface area contributed by atoms with Crippen molar-refractivity contribution in [2.24, 2.45) is 0 Å². The van der Waals surface area contributed by atoms with Gasteiger partial charge >= 0.3 is 0 Å². The average molecular weight is 399 g/mol. The molecule has 0 unspecified atom stereocenters. The molecule has 0 atom stereocenters. The molecule has 1 N–H and O–H groups in total. The molecule has 152 valence electrons. The van der Waals surface area contributed by atoms with E-state index in [1.54, 1.807) is 6.07 Å². The van der Waals surface area contributed by atoms with Gasteiger partial charge in [-0.15, -0.1) is 0 Å². The highest BCUT2D eigenvalue weighted by atomic mass is 16.1. The maximum atomic E-state index is 12.8. The number of Topliss-reactive ketones (excluding diaryl/α,β-unsaturated/α-hetero) is 1. The number of hydrogen-bond donors (Lipinski definition) is 1. The number of para-hydroxylation sites is 1. The van der Waals surface area contributed by atoms with Crippen molar-refractivity contribution in [2.45, 2.75) is 26.3 Å².